The highest BCUT2D eigenvalue weighted by molar-refractivity contribution is 7.47. The molecule has 22 heteroatoms. The molecular formula is C43H81O19P3. The molecule has 0 aromatic heterocycles. The summed E-state index contributed by atoms with van der Waals surface area (Å²) in [4.78, 5) is 73.1. The molecule has 1 aliphatic carbocycles. The monoisotopic (exact) mass is 994 g/mol. The van der Waals surface area contributed by atoms with Gasteiger partial charge in [0.15, 0.2) is 6.10 Å². The highest BCUT2D eigenvalue weighted by Gasteiger charge is 2.56. The molecule has 65 heavy (non-hydrogen) atoms. The maximum atomic E-state index is 13.1. The number of phosphoric ester groups is 3. The summed E-state index contributed by atoms with van der Waals surface area (Å²) in [6.45, 7) is 2.90. The van der Waals surface area contributed by atoms with Gasteiger partial charge in [-0.25, -0.2) is 13.7 Å². The Morgan fingerprint density at radius 3 is 1.28 bits per heavy atom. The number of rotatable bonds is 40. The second kappa shape index (κ2) is 35.7. The summed E-state index contributed by atoms with van der Waals surface area (Å²) >= 11 is 0. The topological polar surface area (TPSA) is 303 Å². The number of unbranched alkanes of at least 4 members (excludes halogenated alkanes) is 20. The lowest BCUT2D eigenvalue weighted by Gasteiger charge is -2.44. The summed E-state index contributed by atoms with van der Waals surface area (Å²) in [6.07, 6.45) is 17.7. The van der Waals surface area contributed by atoms with Crippen LogP contribution in [0.15, 0.2) is 24.3 Å². The molecule has 19 nitrogen and oxygen atoms in total. The van der Waals surface area contributed by atoms with Crippen molar-refractivity contribution in [3.63, 3.8) is 0 Å². The Morgan fingerprint density at radius 1 is 0.477 bits per heavy atom. The number of allylic oxidation sites excluding steroid dienone is 4. The van der Waals surface area contributed by atoms with E-state index in [1.165, 1.54) is 51.4 Å². The van der Waals surface area contributed by atoms with Gasteiger partial charge >= 0.3 is 35.4 Å². The van der Waals surface area contributed by atoms with Gasteiger partial charge in [0, 0.05) is 12.8 Å². The van der Waals surface area contributed by atoms with Crippen LogP contribution in [0.2, 0.25) is 0 Å². The minimum atomic E-state index is -5.60. The second-order valence-electron chi connectivity index (χ2n) is 16.7. The molecule has 382 valence electrons. The van der Waals surface area contributed by atoms with E-state index in [4.69, 9.17) is 18.5 Å². The van der Waals surface area contributed by atoms with E-state index in [-0.39, 0.29) is 12.8 Å². The number of carbonyl (C=O) groups excluding carboxylic acids is 2. The van der Waals surface area contributed by atoms with Gasteiger partial charge in [-0.1, -0.05) is 128 Å². The number of ether oxygens (including phenoxy) is 2. The Morgan fingerprint density at radius 2 is 0.846 bits per heavy atom. The normalized spacial score (nSPS) is 22.1. The largest absolute Gasteiger partial charge is 0.472 e. The number of hydrogen-bond donors (Lipinski definition) is 8. The predicted molar refractivity (Wildman–Crippen MR) is 243 cm³/mol. The molecule has 0 heterocycles. The summed E-state index contributed by atoms with van der Waals surface area (Å²) in [7, 11) is -16.6. The molecule has 0 bridgehead atoms. The summed E-state index contributed by atoms with van der Waals surface area (Å²) < 4.78 is 65.4. The molecule has 0 radical (unpaired) electrons. The van der Waals surface area contributed by atoms with Gasteiger partial charge in [0.25, 0.3) is 0 Å². The van der Waals surface area contributed by atoms with Gasteiger partial charge in [-0.15, -0.1) is 0 Å². The smallest absolute Gasteiger partial charge is 0.462 e. The van der Waals surface area contributed by atoms with Crippen molar-refractivity contribution in [2.75, 3.05) is 13.2 Å². The summed E-state index contributed by atoms with van der Waals surface area (Å²) in [5, 5.41) is 31.8. The van der Waals surface area contributed by atoms with E-state index >= 15 is 0 Å². The van der Waals surface area contributed by atoms with Gasteiger partial charge in [0.2, 0.25) is 0 Å². The number of esters is 2. The van der Waals surface area contributed by atoms with Crippen molar-refractivity contribution in [3.8, 4) is 0 Å². The van der Waals surface area contributed by atoms with Crippen molar-refractivity contribution in [3.05, 3.63) is 24.3 Å². The number of aliphatic hydroxyl groups is 3. The molecule has 0 saturated heterocycles. The molecule has 0 spiro atoms. The quantitative estimate of drug-likeness (QED) is 0.0124. The first-order valence-corrected chi connectivity index (χ1v) is 28.2. The fraction of sp³-hybridized carbons (Fsp3) is 0.860. The van der Waals surface area contributed by atoms with Crippen LogP contribution in [0.25, 0.3) is 0 Å². The van der Waals surface area contributed by atoms with Gasteiger partial charge in [0.05, 0.1) is 6.61 Å². The van der Waals surface area contributed by atoms with Crippen LogP contribution in [-0.2, 0) is 50.9 Å². The third kappa shape index (κ3) is 32.1. The first kappa shape index (κ1) is 61.6. The zero-order valence-corrected chi connectivity index (χ0v) is 41.2. The predicted octanol–water partition coefficient (Wildman–Crippen LogP) is 8.29. The van der Waals surface area contributed by atoms with Gasteiger partial charge in [-0.2, -0.15) is 0 Å². The van der Waals surface area contributed by atoms with Crippen LogP contribution < -0.4 is 0 Å². The van der Waals surface area contributed by atoms with Crippen molar-refractivity contribution >= 4 is 35.4 Å². The minimum absolute atomic E-state index is 0.00725. The van der Waals surface area contributed by atoms with Crippen molar-refractivity contribution in [1.82, 2.24) is 0 Å². The zero-order chi connectivity index (χ0) is 48.6. The van der Waals surface area contributed by atoms with Crippen molar-refractivity contribution in [2.24, 2.45) is 0 Å². The van der Waals surface area contributed by atoms with E-state index in [9.17, 15) is 63.1 Å². The van der Waals surface area contributed by atoms with Gasteiger partial charge in [0.1, 0.15) is 43.2 Å². The van der Waals surface area contributed by atoms with E-state index in [1.54, 1.807) is 0 Å². The molecule has 8 N–H and O–H groups in total. The number of hydrogen-bond acceptors (Lipinski definition) is 14. The van der Waals surface area contributed by atoms with Crippen LogP contribution >= 0.6 is 23.5 Å². The van der Waals surface area contributed by atoms with Crippen LogP contribution in [0, 0.1) is 0 Å². The number of phosphoric acid groups is 3. The summed E-state index contributed by atoms with van der Waals surface area (Å²) in [5.41, 5.74) is 0. The molecule has 0 amide bonds. The average Bonchev–Trinajstić information content (AvgIpc) is 3.23. The fourth-order valence-corrected chi connectivity index (χ4v) is 9.26. The molecule has 8 atom stereocenters. The lowest BCUT2D eigenvalue weighted by Crippen LogP contribution is -2.65. The second-order valence-corrected chi connectivity index (χ2v) is 20.5. The van der Waals surface area contributed by atoms with E-state index in [0.29, 0.717) is 12.8 Å². The Bertz CT molecular complexity index is 1470. The zero-order valence-electron chi connectivity index (χ0n) is 38.6. The van der Waals surface area contributed by atoms with E-state index < -0.39 is 91.3 Å². The highest BCUT2D eigenvalue weighted by Crippen LogP contribution is 2.51. The maximum Gasteiger partial charge on any atom is 0.472 e. The summed E-state index contributed by atoms with van der Waals surface area (Å²) in [5.74, 6) is -1.31. The third-order valence-corrected chi connectivity index (χ3v) is 12.8. The van der Waals surface area contributed by atoms with Crippen LogP contribution in [0.1, 0.15) is 181 Å². The van der Waals surface area contributed by atoms with Crippen molar-refractivity contribution in [1.29, 1.82) is 0 Å². The van der Waals surface area contributed by atoms with E-state index in [0.717, 1.165) is 89.9 Å². The first-order chi connectivity index (χ1) is 30.8. The number of aliphatic hydroxyl groups excluding tert-OH is 3. The van der Waals surface area contributed by atoms with Crippen LogP contribution in [0.3, 0.4) is 0 Å². The molecule has 1 saturated carbocycles. The molecule has 1 fully saturated rings. The lowest BCUT2D eigenvalue weighted by atomic mass is 9.85. The first-order valence-electron chi connectivity index (χ1n) is 23.6. The molecule has 8 unspecified atom stereocenters. The standard InChI is InChI=1S/C43H81O19P3/c1-3-5-7-9-11-13-15-17-18-20-22-24-26-28-30-32-37(45)59-35(33-57-36(44)31-29-27-25-23-21-19-16-14-12-10-8-6-4-2)34-58-65(55,56)62-41-38(46)39(47)42(60-63(49,50)51)43(40(41)48)61-64(52,53)54/h13-16,35,38-43,46-48H,3-12,17-34H2,1-2H3,(H,55,56)(H2,49,50,51)(H2,52,53,54). The molecule has 1 aliphatic rings. The molecule has 0 aliphatic heterocycles. The Hall–Kier alpha value is -1.37. The maximum absolute atomic E-state index is 13.1. The molecule has 1 rings (SSSR count). The highest BCUT2D eigenvalue weighted by atomic mass is 31.2. The average molecular weight is 995 g/mol. The van der Waals surface area contributed by atoms with Gasteiger partial charge < -0.3 is 49.3 Å². The fourth-order valence-electron chi connectivity index (χ4n) is 7.16. The minimum Gasteiger partial charge on any atom is -0.462 e. The van der Waals surface area contributed by atoms with Gasteiger partial charge in [-0.05, 0) is 64.2 Å². The molecular weight excluding hydrogens is 913 g/mol. The Balaban J connectivity index is 2.75. The lowest BCUT2D eigenvalue weighted by molar-refractivity contribution is -0.213. The van der Waals surface area contributed by atoms with Crippen molar-refractivity contribution < 1.29 is 90.6 Å². The molecule has 0 aromatic carbocycles. The van der Waals surface area contributed by atoms with Crippen LogP contribution in [-0.4, -0.2) is 108 Å². The van der Waals surface area contributed by atoms with Crippen LogP contribution in [0.5, 0.6) is 0 Å². The van der Waals surface area contributed by atoms with E-state index in [1.807, 2.05) is 0 Å². The van der Waals surface area contributed by atoms with E-state index in [2.05, 4.69) is 47.2 Å². The Kier molecular flexibility index (Phi) is 33.9. The number of carbonyl (C=O) groups is 2. The van der Waals surface area contributed by atoms with Crippen LogP contribution in [0.4, 0.5) is 0 Å². The summed E-state index contributed by atoms with van der Waals surface area (Å²) in [6, 6.07) is 0. The third-order valence-electron chi connectivity index (χ3n) is 10.7. The Labute approximate surface area is 386 Å². The van der Waals surface area contributed by atoms with Crippen molar-refractivity contribution in [2.45, 2.75) is 224 Å². The molecule has 0 aromatic rings. The SMILES string of the molecule is CCCCCCC=CCCCCCCCCCC(=O)OC(COC(=O)CCCCCCCC=CCCCCCC)COP(=O)(O)OC1C(O)C(O)C(OP(=O)(O)O)C(OP(=O)(O)O)C1O. The van der Waals surface area contributed by atoms with Gasteiger partial charge in [-0.3, -0.25) is 27.7 Å².